The smallest absolute Gasteiger partial charge is 0.0615 e. The monoisotopic (exact) mass is 256 g/mol. The molecule has 0 spiro atoms. The Morgan fingerprint density at radius 1 is 1.41 bits per heavy atom. The molecule has 1 aromatic carbocycles. The molecule has 0 fully saturated rings. The van der Waals surface area contributed by atoms with Gasteiger partial charge in [-0.3, -0.25) is 4.90 Å². The van der Waals surface area contributed by atoms with Gasteiger partial charge < -0.3 is 10.5 Å². The first-order valence-corrected chi connectivity index (χ1v) is 6.15. The minimum Gasteiger partial charge on any atom is -0.383 e. The summed E-state index contributed by atoms with van der Waals surface area (Å²) in [5, 5.41) is 0.763. The highest BCUT2D eigenvalue weighted by atomic mass is 35.5. The molecule has 2 unspecified atom stereocenters. The molecule has 0 aliphatic carbocycles. The first kappa shape index (κ1) is 14.5. The Bertz CT molecular complexity index is 346. The Hall–Kier alpha value is -0.610. The SMILES string of the molecule is COCC(C)N(C)C(CN)c1ccccc1Cl. The van der Waals surface area contributed by atoms with Gasteiger partial charge >= 0.3 is 0 Å². The maximum Gasteiger partial charge on any atom is 0.0615 e. The van der Waals surface area contributed by atoms with Crippen molar-refractivity contribution in [2.24, 2.45) is 5.73 Å². The Labute approximate surface area is 109 Å². The lowest BCUT2D eigenvalue weighted by Gasteiger charge is -2.32. The molecule has 3 nitrogen and oxygen atoms in total. The fourth-order valence-electron chi connectivity index (χ4n) is 1.92. The van der Waals surface area contributed by atoms with Crippen LogP contribution in [0.4, 0.5) is 0 Å². The molecule has 0 bridgehead atoms. The highest BCUT2D eigenvalue weighted by Crippen LogP contribution is 2.27. The second-order valence-corrected chi connectivity index (χ2v) is 4.65. The molecule has 2 atom stereocenters. The van der Waals surface area contributed by atoms with Gasteiger partial charge in [0.05, 0.1) is 6.61 Å². The van der Waals surface area contributed by atoms with Crippen LogP contribution < -0.4 is 5.73 Å². The van der Waals surface area contributed by atoms with Gasteiger partial charge in [0, 0.05) is 30.8 Å². The van der Waals surface area contributed by atoms with Crippen molar-refractivity contribution >= 4 is 11.6 Å². The summed E-state index contributed by atoms with van der Waals surface area (Å²) < 4.78 is 5.17. The number of nitrogens with zero attached hydrogens (tertiary/aromatic N) is 1. The minimum absolute atomic E-state index is 0.119. The van der Waals surface area contributed by atoms with Crippen LogP contribution in [0.2, 0.25) is 5.02 Å². The molecule has 0 aliphatic heterocycles. The molecule has 17 heavy (non-hydrogen) atoms. The molecule has 0 saturated heterocycles. The van der Waals surface area contributed by atoms with Gasteiger partial charge in [-0.05, 0) is 25.6 Å². The van der Waals surface area contributed by atoms with Crippen LogP contribution in [0.5, 0.6) is 0 Å². The van der Waals surface area contributed by atoms with Crippen LogP contribution in [0.1, 0.15) is 18.5 Å². The summed E-state index contributed by atoms with van der Waals surface area (Å²) in [4.78, 5) is 2.20. The molecule has 96 valence electrons. The predicted molar refractivity (Wildman–Crippen MR) is 72.3 cm³/mol. The fourth-order valence-corrected chi connectivity index (χ4v) is 2.19. The van der Waals surface area contributed by atoms with Crippen LogP contribution in [-0.4, -0.2) is 38.3 Å². The molecule has 0 aliphatic rings. The average molecular weight is 257 g/mol. The van der Waals surface area contributed by atoms with E-state index in [1.165, 1.54) is 0 Å². The summed E-state index contributed by atoms with van der Waals surface area (Å²) >= 11 is 6.21. The number of nitrogens with two attached hydrogens (primary N) is 1. The van der Waals surface area contributed by atoms with Gasteiger partial charge in [-0.15, -0.1) is 0 Å². The number of rotatable bonds is 6. The van der Waals surface area contributed by atoms with E-state index in [1.54, 1.807) is 7.11 Å². The van der Waals surface area contributed by atoms with E-state index in [0.29, 0.717) is 19.2 Å². The maximum atomic E-state index is 6.21. The van der Waals surface area contributed by atoms with Gasteiger partial charge in [0.15, 0.2) is 0 Å². The normalized spacial score (nSPS) is 14.9. The molecular weight excluding hydrogens is 236 g/mol. The predicted octanol–water partition coefficient (Wildman–Crippen LogP) is 2.31. The van der Waals surface area contributed by atoms with Crippen LogP contribution >= 0.6 is 11.6 Å². The third-order valence-corrected chi connectivity index (χ3v) is 3.43. The van der Waals surface area contributed by atoms with Crippen LogP contribution in [0.25, 0.3) is 0 Å². The lowest BCUT2D eigenvalue weighted by molar-refractivity contribution is 0.0911. The van der Waals surface area contributed by atoms with E-state index >= 15 is 0 Å². The highest BCUT2D eigenvalue weighted by Gasteiger charge is 2.21. The highest BCUT2D eigenvalue weighted by molar-refractivity contribution is 6.31. The molecule has 0 saturated carbocycles. The second-order valence-electron chi connectivity index (χ2n) is 4.24. The van der Waals surface area contributed by atoms with Crippen molar-refractivity contribution in [2.45, 2.75) is 19.0 Å². The standard InChI is InChI=1S/C13H21ClN2O/c1-10(9-17-3)16(2)13(8-15)11-6-4-5-7-12(11)14/h4-7,10,13H,8-9,15H2,1-3H3. The minimum atomic E-state index is 0.119. The lowest BCUT2D eigenvalue weighted by Crippen LogP contribution is -2.39. The van der Waals surface area contributed by atoms with Crippen LogP contribution in [0.15, 0.2) is 24.3 Å². The number of methoxy groups -OCH3 is 1. The van der Waals surface area contributed by atoms with E-state index in [9.17, 15) is 0 Å². The van der Waals surface area contributed by atoms with E-state index in [0.717, 1.165) is 10.6 Å². The van der Waals surface area contributed by atoms with Crippen molar-refractivity contribution in [1.29, 1.82) is 0 Å². The molecule has 1 aromatic rings. The molecule has 0 amide bonds. The number of hydrogen-bond donors (Lipinski definition) is 1. The van der Waals surface area contributed by atoms with Crippen LogP contribution in [0, 0.1) is 0 Å². The van der Waals surface area contributed by atoms with E-state index < -0.39 is 0 Å². The first-order chi connectivity index (χ1) is 8.11. The zero-order chi connectivity index (χ0) is 12.8. The van der Waals surface area contributed by atoms with Crippen molar-refractivity contribution < 1.29 is 4.74 Å². The quantitative estimate of drug-likeness (QED) is 0.849. The summed E-state index contributed by atoms with van der Waals surface area (Å²) in [7, 11) is 3.75. The topological polar surface area (TPSA) is 38.5 Å². The second kappa shape index (κ2) is 6.97. The van der Waals surface area contributed by atoms with Gasteiger partial charge in [0.1, 0.15) is 0 Å². The molecule has 4 heteroatoms. The summed E-state index contributed by atoms with van der Waals surface area (Å²) in [5.41, 5.74) is 6.94. The zero-order valence-electron chi connectivity index (χ0n) is 10.7. The summed E-state index contributed by atoms with van der Waals surface area (Å²) in [6.45, 7) is 3.33. The van der Waals surface area contributed by atoms with Crippen molar-refractivity contribution in [3.63, 3.8) is 0 Å². The summed E-state index contributed by atoms with van der Waals surface area (Å²) in [5.74, 6) is 0. The number of benzene rings is 1. The Morgan fingerprint density at radius 2 is 2.06 bits per heavy atom. The Balaban J connectivity index is 2.88. The average Bonchev–Trinajstić information content (AvgIpc) is 2.32. The molecular formula is C13H21ClN2O. The van der Waals surface area contributed by atoms with Crippen molar-refractivity contribution in [1.82, 2.24) is 4.90 Å². The van der Waals surface area contributed by atoms with Crippen molar-refractivity contribution in [3.05, 3.63) is 34.9 Å². The zero-order valence-corrected chi connectivity index (χ0v) is 11.4. The summed E-state index contributed by atoms with van der Waals surface area (Å²) in [6.07, 6.45) is 0. The van der Waals surface area contributed by atoms with Crippen molar-refractivity contribution in [2.75, 3.05) is 27.3 Å². The summed E-state index contributed by atoms with van der Waals surface area (Å²) in [6, 6.07) is 8.25. The molecule has 0 radical (unpaired) electrons. The van der Waals surface area contributed by atoms with Gasteiger partial charge in [-0.25, -0.2) is 0 Å². The fraction of sp³-hybridized carbons (Fsp3) is 0.538. The molecule has 2 N–H and O–H groups in total. The van der Waals surface area contributed by atoms with Gasteiger partial charge in [0.2, 0.25) is 0 Å². The van der Waals surface area contributed by atoms with Crippen LogP contribution in [0.3, 0.4) is 0 Å². The molecule has 0 heterocycles. The van der Waals surface area contributed by atoms with Gasteiger partial charge in [0.25, 0.3) is 0 Å². The third-order valence-electron chi connectivity index (χ3n) is 3.08. The third kappa shape index (κ3) is 3.68. The lowest BCUT2D eigenvalue weighted by atomic mass is 10.0. The largest absolute Gasteiger partial charge is 0.383 e. The van der Waals surface area contributed by atoms with Crippen molar-refractivity contribution in [3.8, 4) is 0 Å². The number of hydrogen-bond acceptors (Lipinski definition) is 3. The first-order valence-electron chi connectivity index (χ1n) is 5.77. The van der Waals surface area contributed by atoms with Crippen LogP contribution in [-0.2, 0) is 4.74 Å². The molecule has 1 rings (SSSR count). The van der Waals surface area contributed by atoms with E-state index in [-0.39, 0.29) is 6.04 Å². The van der Waals surface area contributed by atoms with E-state index in [2.05, 4.69) is 11.8 Å². The number of likely N-dealkylation sites (N-methyl/N-ethyl adjacent to an activating group) is 1. The van der Waals surface area contributed by atoms with Gasteiger partial charge in [-0.2, -0.15) is 0 Å². The van der Waals surface area contributed by atoms with E-state index in [1.807, 2.05) is 31.3 Å². The number of halogens is 1. The Kier molecular flexibility index (Phi) is 5.92. The van der Waals surface area contributed by atoms with E-state index in [4.69, 9.17) is 22.1 Å². The molecule has 0 aromatic heterocycles. The Morgan fingerprint density at radius 3 is 2.59 bits per heavy atom. The number of ether oxygens (including phenoxy) is 1. The van der Waals surface area contributed by atoms with Gasteiger partial charge in [-0.1, -0.05) is 29.8 Å². The maximum absolute atomic E-state index is 6.21.